The first kappa shape index (κ1) is 26.9. The Hall–Kier alpha value is -3.66. The molecule has 1 aliphatic carbocycles. The van der Waals surface area contributed by atoms with Crippen molar-refractivity contribution in [1.82, 2.24) is 14.8 Å². The number of hydrogen-bond donors (Lipinski definition) is 1. The highest BCUT2D eigenvalue weighted by Gasteiger charge is 2.27. The summed E-state index contributed by atoms with van der Waals surface area (Å²) in [4.78, 5) is 33.3. The van der Waals surface area contributed by atoms with Gasteiger partial charge in [-0.25, -0.2) is 13.2 Å². The van der Waals surface area contributed by atoms with Crippen molar-refractivity contribution >= 4 is 38.6 Å². The van der Waals surface area contributed by atoms with E-state index in [1.54, 1.807) is 53.3 Å². The number of nitrogens with one attached hydrogen (secondary N) is 1. The number of nitrogens with zero attached hydrogens (tertiary/aromatic N) is 3. The van der Waals surface area contributed by atoms with Crippen molar-refractivity contribution in [2.24, 2.45) is 5.92 Å². The van der Waals surface area contributed by atoms with E-state index in [1.165, 1.54) is 31.7 Å². The van der Waals surface area contributed by atoms with Crippen LogP contribution in [0, 0.1) is 12.8 Å². The smallest absolute Gasteiger partial charge is 0.409 e. The van der Waals surface area contributed by atoms with Gasteiger partial charge in [0, 0.05) is 43.3 Å². The Bertz CT molecular complexity index is 1460. The summed E-state index contributed by atoms with van der Waals surface area (Å²) < 4.78 is 34.5. The van der Waals surface area contributed by atoms with Gasteiger partial charge in [0.25, 0.3) is 15.9 Å². The molecule has 2 aromatic carbocycles. The molecular weight excluding hydrogens is 516 g/mol. The molecule has 206 valence electrons. The number of rotatable bonds is 7. The number of piperazine rings is 1. The number of carbonyl (C=O) groups excluding carboxylic acids is 2. The molecule has 5 rings (SSSR count). The number of ether oxygens (including phenoxy) is 1. The predicted octanol–water partition coefficient (Wildman–Crippen LogP) is 4.82. The van der Waals surface area contributed by atoms with E-state index >= 15 is 0 Å². The normalized spacial score (nSPS) is 16.4. The van der Waals surface area contributed by atoms with Crippen LogP contribution in [0.2, 0.25) is 0 Å². The zero-order valence-corrected chi connectivity index (χ0v) is 23.0. The van der Waals surface area contributed by atoms with Crippen LogP contribution in [-0.4, -0.2) is 68.0 Å². The highest BCUT2D eigenvalue weighted by atomic mass is 32.2. The Balaban J connectivity index is 1.17. The van der Waals surface area contributed by atoms with Crippen LogP contribution in [-0.2, 0) is 14.8 Å². The fraction of sp³-hybridized carbons (Fsp3) is 0.414. The van der Waals surface area contributed by atoms with Crippen molar-refractivity contribution in [2.45, 2.75) is 43.9 Å². The van der Waals surface area contributed by atoms with E-state index < -0.39 is 10.0 Å². The number of para-hydroxylation sites is 1. The summed E-state index contributed by atoms with van der Waals surface area (Å²) in [6.45, 7) is 3.88. The zero-order chi connectivity index (χ0) is 27.4. The van der Waals surface area contributed by atoms with Crippen LogP contribution in [0.5, 0.6) is 0 Å². The fourth-order valence-electron chi connectivity index (χ4n) is 5.38. The van der Waals surface area contributed by atoms with Crippen molar-refractivity contribution < 1.29 is 22.7 Å². The molecule has 0 bridgehead atoms. The highest BCUT2D eigenvalue weighted by Crippen LogP contribution is 2.28. The van der Waals surface area contributed by atoms with Gasteiger partial charge in [-0.2, -0.15) is 0 Å². The van der Waals surface area contributed by atoms with E-state index in [4.69, 9.17) is 4.74 Å². The second-order valence-corrected chi connectivity index (χ2v) is 12.0. The van der Waals surface area contributed by atoms with Crippen LogP contribution < -0.4 is 4.72 Å². The average Bonchev–Trinajstić information content (AvgIpc) is 3.47. The number of aryl methyl sites for hydroxylation is 1. The van der Waals surface area contributed by atoms with Gasteiger partial charge in [0.05, 0.1) is 17.8 Å². The summed E-state index contributed by atoms with van der Waals surface area (Å²) in [7, 11) is -3.90. The maximum absolute atomic E-state index is 13.2. The third-order valence-corrected chi connectivity index (χ3v) is 9.05. The average molecular weight is 551 g/mol. The van der Waals surface area contributed by atoms with E-state index in [9.17, 15) is 18.0 Å². The van der Waals surface area contributed by atoms with E-state index in [-0.39, 0.29) is 16.9 Å². The molecule has 2 amide bonds. The minimum absolute atomic E-state index is 0.0927. The van der Waals surface area contributed by atoms with Gasteiger partial charge in [0.15, 0.2) is 0 Å². The van der Waals surface area contributed by atoms with Crippen LogP contribution in [0.4, 0.5) is 10.5 Å². The number of pyridine rings is 1. The number of fused-ring (bicyclic) bond motifs is 1. The monoisotopic (exact) mass is 550 g/mol. The Kier molecular flexibility index (Phi) is 8.02. The maximum Gasteiger partial charge on any atom is 0.409 e. The minimum atomic E-state index is -3.90. The first-order valence-electron chi connectivity index (χ1n) is 13.5. The molecule has 2 aliphatic rings. The zero-order valence-electron chi connectivity index (χ0n) is 22.1. The number of amides is 2. The van der Waals surface area contributed by atoms with Crippen LogP contribution in [0.25, 0.3) is 10.9 Å². The Labute approximate surface area is 229 Å². The van der Waals surface area contributed by atoms with Crippen molar-refractivity contribution in [2.75, 3.05) is 37.5 Å². The second kappa shape index (κ2) is 11.6. The summed E-state index contributed by atoms with van der Waals surface area (Å²) in [6.07, 6.45) is 7.18. The fourth-order valence-corrected chi connectivity index (χ4v) is 6.69. The summed E-state index contributed by atoms with van der Waals surface area (Å²) in [5, 5.41) is 0.732. The van der Waals surface area contributed by atoms with Crippen LogP contribution in [0.1, 0.15) is 48.0 Å². The lowest BCUT2D eigenvalue weighted by Gasteiger charge is -2.34. The first-order valence-corrected chi connectivity index (χ1v) is 15.0. The number of hydrogen-bond acceptors (Lipinski definition) is 6. The van der Waals surface area contributed by atoms with Crippen LogP contribution >= 0.6 is 0 Å². The molecule has 9 nitrogen and oxygen atoms in total. The third-order valence-electron chi connectivity index (χ3n) is 7.65. The molecule has 1 aromatic heterocycles. The SMILES string of the molecule is Cc1cc(C(=O)N2CCN(C(=O)OCCC3CCCC3)CC2)ccc1NS(=O)(=O)c1cccc2cccnc12. The van der Waals surface area contributed by atoms with Gasteiger partial charge in [0.2, 0.25) is 0 Å². The van der Waals surface area contributed by atoms with E-state index in [0.29, 0.717) is 61.0 Å². The summed E-state index contributed by atoms with van der Waals surface area (Å²) >= 11 is 0. The molecule has 0 unspecified atom stereocenters. The number of anilines is 1. The molecule has 2 fully saturated rings. The van der Waals surface area contributed by atoms with E-state index in [2.05, 4.69) is 9.71 Å². The van der Waals surface area contributed by atoms with Crippen LogP contribution in [0.15, 0.2) is 59.6 Å². The van der Waals surface area contributed by atoms with Gasteiger partial charge in [-0.1, -0.05) is 43.9 Å². The molecule has 1 aliphatic heterocycles. The lowest BCUT2D eigenvalue weighted by atomic mass is 10.1. The summed E-state index contributed by atoms with van der Waals surface area (Å²) in [5.74, 6) is 0.521. The van der Waals surface area contributed by atoms with E-state index in [1.807, 2.05) is 12.1 Å². The quantitative estimate of drug-likeness (QED) is 0.452. The molecule has 39 heavy (non-hydrogen) atoms. The van der Waals surface area contributed by atoms with Crippen molar-refractivity contribution in [3.05, 3.63) is 65.9 Å². The van der Waals surface area contributed by atoms with Gasteiger partial charge >= 0.3 is 6.09 Å². The van der Waals surface area contributed by atoms with Crippen molar-refractivity contribution in [3.8, 4) is 0 Å². The third kappa shape index (κ3) is 6.16. The van der Waals surface area contributed by atoms with Crippen molar-refractivity contribution in [3.63, 3.8) is 0 Å². The van der Waals surface area contributed by atoms with Gasteiger partial charge in [-0.15, -0.1) is 0 Å². The molecule has 0 radical (unpaired) electrons. The lowest BCUT2D eigenvalue weighted by molar-refractivity contribution is 0.0548. The van der Waals surface area contributed by atoms with Gasteiger partial charge in [-0.3, -0.25) is 14.5 Å². The first-order chi connectivity index (χ1) is 18.8. The summed E-state index contributed by atoms with van der Waals surface area (Å²) in [5.41, 5.74) is 1.88. The minimum Gasteiger partial charge on any atom is -0.449 e. The van der Waals surface area contributed by atoms with Gasteiger partial charge in [0.1, 0.15) is 4.90 Å². The Morgan fingerprint density at radius 1 is 1.00 bits per heavy atom. The van der Waals surface area contributed by atoms with E-state index in [0.717, 1.165) is 11.8 Å². The topological polar surface area (TPSA) is 109 Å². The molecule has 1 saturated heterocycles. The molecule has 1 N–H and O–H groups in total. The molecule has 1 saturated carbocycles. The molecule has 3 aromatic rings. The van der Waals surface area contributed by atoms with Gasteiger partial charge in [-0.05, 0) is 55.2 Å². The number of benzene rings is 2. The molecule has 2 heterocycles. The predicted molar refractivity (Wildman–Crippen MR) is 149 cm³/mol. The molecule has 0 atom stereocenters. The molecule has 0 spiro atoms. The molecular formula is C29H34N4O5S. The number of aromatic nitrogens is 1. The number of sulfonamides is 1. The van der Waals surface area contributed by atoms with Crippen molar-refractivity contribution in [1.29, 1.82) is 0 Å². The Morgan fingerprint density at radius 3 is 2.46 bits per heavy atom. The largest absolute Gasteiger partial charge is 0.449 e. The maximum atomic E-state index is 13.2. The van der Waals surface area contributed by atoms with Crippen LogP contribution in [0.3, 0.4) is 0 Å². The number of carbonyl (C=O) groups is 2. The Morgan fingerprint density at radius 2 is 1.72 bits per heavy atom. The lowest BCUT2D eigenvalue weighted by Crippen LogP contribution is -2.50. The van der Waals surface area contributed by atoms with Gasteiger partial charge < -0.3 is 14.5 Å². The summed E-state index contributed by atoms with van der Waals surface area (Å²) in [6, 6.07) is 13.5. The second-order valence-electron chi connectivity index (χ2n) is 10.3. The molecule has 10 heteroatoms. The standard InChI is InChI=1S/C29H34N4O5S/c1-21-20-24(11-12-25(21)31-39(36,37)26-10-4-8-23-9-5-14-30-27(23)26)28(34)32-15-17-33(18-16-32)29(35)38-19-13-22-6-2-3-7-22/h4-5,8-12,14,20,22,31H,2-3,6-7,13,15-19H2,1H3. The highest BCUT2D eigenvalue weighted by molar-refractivity contribution is 7.93.